The van der Waals surface area contributed by atoms with Crippen molar-refractivity contribution in [3.63, 3.8) is 0 Å². The fourth-order valence-corrected chi connectivity index (χ4v) is 3.25. The SMILES string of the molecule is CCNC(=O)C(CC)N(Cc1ccc(OC)cc1)C(=O)Cc1ccccc1Cl. The van der Waals surface area contributed by atoms with Gasteiger partial charge in [0, 0.05) is 18.1 Å². The number of hydrogen-bond acceptors (Lipinski definition) is 3. The molecule has 150 valence electrons. The topological polar surface area (TPSA) is 58.6 Å². The van der Waals surface area contributed by atoms with Gasteiger partial charge in [-0.3, -0.25) is 9.59 Å². The van der Waals surface area contributed by atoms with Gasteiger partial charge in [-0.05, 0) is 42.7 Å². The largest absolute Gasteiger partial charge is 0.497 e. The van der Waals surface area contributed by atoms with Crippen molar-refractivity contribution < 1.29 is 14.3 Å². The van der Waals surface area contributed by atoms with Crippen LogP contribution in [0.4, 0.5) is 0 Å². The van der Waals surface area contributed by atoms with E-state index in [0.29, 0.717) is 24.5 Å². The Bertz CT molecular complexity index is 793. The maximum absolute atomic E-state index is 13.2. The summed E-state index contributed by atoms with van der Waals surface area (Å²) >= 11 is 6.23. The van der Waals surface area contributed by atoms with Gasteiger partial charge in [0.15, 0.2) is 0 Å². The molecule has 0 spiro atoms. The number of amides is 2. The Balaban J connectivity index is 2.29. The van der Waals surface area contributed by atoms with Gasteiger partial charge in [0.2, 0.25) is 11.8 Å². The number of hydrogen-bond donors (Lipinski definition) is 1. The first-order chi connectivity index (χ1) is 13.5. The first-order valence-electron chi connectivity index (χ1n) is 9.43. The normalized spacial score (nSPS) is 11.6. The summed E-state index contributed by atoms with van der Waals surface area (Å²) < 4.78 is 5.19. The van der Waals surface area contributed by atoms with Crippen molar-refractivity contribution in [2.24, 2.45) is 0 Å². The van der Waals surface area contributed by atoms with Crippen LogP contribution in [0.25, 0.3) is 0 Å². The van der Waals surface area contributed by atoms with Gasteiger partial charge in [-0.15, -0.1) is 0 Å². The molecule has 0 radical (unpaired) electrons. The van der Waals surface area contributed by atoms with Crippen LogP contribution < -0.4 is 10.1 Å². The fraction of sp³-hybridized carbons (Fsp3) is 0.364. The molecular formula is C22H27ClN2O3. The van der Waals surface area contributed by atoms with E-state index < -0.39 is 6.04 Å². The van der Waals surface area contributed by atoms with E-state index in [1.54, 1.807) is 18.1 Å². The average molecular weight is 403 g/mol. The maximum atomic E-state index is 13.2. The van der Waals surface area contributed by atoms with Gasteiger partial charge in [0.25, 0.3) is 0 Å². The van der Waals surface area contributed by atoms with Crippen LogP contribution in [0.1, 0.15) is 31.4 Å². The number of likely N-dealkylation sites (N-methyl/N-ethyl adjacent to an activating group) is 1. The Morgan fingerprint density at radius 2 is 1.79 bits per heavy atom. The Morgan fingerprint density at radius 3 is 2.36 bits per heavy atom. The highest BCUT2D eigenvalue weighted by molar-refractivity contribution is 6.31. The standard InChI is InChI=1S/C22H27ClN2O3/c1-4-20(22(27)24-5-2)25(15-16-10-12-18(28-3)13-11-16)21(26)14-17-8-6-7-9-19(17)23/h6-13,20H,4-5,14-15H2,1-3H3,(H,24,27). The molecule has 2 amide bonds. The van der Waals surface area contributed by atoms with Gasteiger partial charge in [-0.2, -0.15) is 0 Å². The molecule has 1 unspecified atom stereocenters. The Morgan fingerprint density at radius 1 is 1.11 bits per heavy atom. The van der Waals surface area contributed by atoms with E-state index in [1.165, 1.54) is 0 Å². The number of carbonyl (C=O) groups is 2. The van der Waals surface area contributed by atoms with Crippen LogP contribution in [0.3, 0.4) is 0 Å². The van der Waals surface area contributed by atoms with Gasteiger partial charge in [-0.1, -0.05) is 48.9 Å². The fourth-order valence-electron chi connectivity index (χ4n) is 3.05. The predicted molar refractivity (Wildman–Crippen MR) is 111 cm³/mol. The molecule has 2 rings (SSSR count). The first-order valence-corrected chi connectivity index (χ1v) is 9.81. The molecule has 1 N–H and O–H groups in total. The Labute approximate surface area is 171 Å². The lowest BCUT2D eigenvalue weighted by molar-refractivity contribution is -0.140. The molecular weight excluding hydrogens is 376 g/mol. The second-order valence-electron chi connectivity index (χ2n) is 6.46. The van der Waals surface area contributed by atoms with Crippen LogP contribution in [0, 0.1) is 0 Å². The summed E-state index contributed by atoms with van der Waals surface area (Å²) in [5, 5.41) is 3.38. The molecule has 2 aromatic rings. The zero-order chi connectivity index (χ0) is 20.5. The molecule has 0 aromatic heterocycles. The van der Waals surface area contributed by atoms with E-state index in [0.717, 1.165) is 16.9 Å². The summed E-state index contributed by atoms with van der Waals surface area (Å²) in [5.41, 5.74) is 1.68. The zero-order valence-electron chi connectivity index (χ0n) is 16.6. The second-order valence-corrected chi connectivity index (χ2v) is 6.86. The molecule has 0 bridgehead atoms. The van der Waals surface area contributed by atoms with Crippen LogP contribution in [0.5, 0.6) is 5.75 Å². The van der Waals surface area contributed by atoms with Crippen molar-refractivity contribution in [2.75, 3.05) is 13.7 Å². The third kappa shape index (κ3) is 5.73. The van der Waals surface area contributed by atoms with Crippen LogP contribution in [0.2, 0.25) is 5.02 Å². The lowest BCUT2D eigenvalue weighted by Gasteiger charge is -2.30. The monoisotopic (exact) mass is 402 g/mol. The number of benzene rings is 2. The summed E-state index contributed by atoms with van der Waals surface area (Å²) in [4.78, 5) is 27.4. The zero-order valence-corrected chi connectivity index (χ0v) is 17.3. The van der Waals surface area contributed by atoms with Crippen molar-refractivity contribution in [2.45, 2.75) is 39.3 Å². The second kappa shape index (κ2) is 10.7. The summed E-state index contributed by atoms with van der Waals surface area (Å²) in [6.07, 6.45) is 0.669. The molecule has 5 nitrogen and oxygen atoms in total. The van der Waals surface area contributed by atoms with Gasteiger partial charge in [0.1, 0.15) is 11.8 Å². The lowest BCUT2D eigenvalue weighted by atomic mass is 10.1. The van der Waals surface area contributed by atoms with E-state index in [4.69, 9.17) is 16.3 Å². The highest BCUT2D eigenvalue weighted by Crippen LogP contribution is 2.20. The number of halogens is 1. The molecule has 2 aromatic carbocycles. The molecule has 0 heterocycles. The smallest absolute Gasteiger partial charge is 0.242 e. The quantitative estimate of drug-likeness (QED) is 0.693. The molecule has 0 saturated carbocycles. The molecule has 0 aliphatic rings. The number of ether oxygens (including phenoxy) is 1. The average Bonchev–Trinajstić information content (AvgIpc) is 2.70. The maximum Gasteiger partial charge on any atom is 0.242 e. The number of nitrogens with one attached hydrogen (secondary N) is 1. The van der Waals surface area contributed by atoms with Crippen LogP contribution in [-0.4, -0.2) is 36.4 Å². The Hall–Kier alpha value is -2.53. The van der Waals surface area contributed by atoms with E-state index in [9.17, 15) is 9.59 Å². The molecule has 0 saturated heterocycles. The van der Waals surface area contributed by atoms with Crippen molar-refractivity contribution in [1.82, 2.24) is 10.2 Å². The van der Waals surface area contributed by atoms with Crippen LogP contribution in [0.15, 0.2) is 48.5 Å². The number of rotatable bonds is 9. The molecule has 0 aliphatic carbocycles. The summed E-state index contributed by atoms with van der Waals surface area (Å²) in [6, 6.07) is 14.2. The molecule has 28 heavy (non-hydrogen) atoms. The van der Waals surface area contributed by atoms with Crippen molar-refractivity contribution >= 4 is 23.4 Å². The van der Waals surface area contributed by atoms with Crippen LogP contribution in [-0.2, 0) is 22.6 Å². The third-order valence-electron chi connectivity index (χ3n) is 4.55. The van der Waals surface area contributed by atoms with E-state index >= 15 is 0 Å². The van der Waals surface area contributed by atoms with Crippen molar-refractivity contribution in [3.8, 4) is 5.75 Å². The summed E-state index contributed by atoms with van der Waals surface area (Å²) in [6.45, 7) is 4.63. The highest BCUT2D eigenvalue weighted by atomic mass is 35.5. The third-order valence-corrected chi connectivity index (χ3v) is 4.92. The minimum absolute atomic E-state index is 0.137. The minimum Gasteiger partial charge on any atom is -0.497 e. The lowest BCUT2D eigenvalue weighted by Crippen LogP contribution is -2.49. The van der Waals surface area contributed by atoms with E-state index in [1.807, 2.05) is 56.3 Å². The molecule has 1 atom stereocenters. The summed E-state index contributed by atoms with van der Waals surface area (Å²) in [7, 11) is 1.61. The Kier molecular flexibility index (Phi) is 8.33. The number of methoxy groups -OCH3 is 1. The number of nitrogens with zero attached hydrogens (tertiary/aromatic N) is 1. The van der Waals surface area contributed by atoms with Crippen LogP contribution >= 0.6 is 11.6 Å². The first kappa shape index (κ1) is 21.8. The van der Waals surface area contributed by atoms with E-state index in [2.05, 4.69) is 5.32 Å². The number of carbonyl (C=O) groups excluding carboxylic acids is 2. The highest BCUT2D eigenvalue weighted by Gasteiger charge is 2.28. The molecule has 0 aliphatic heterocycles. The molecule has 6 heteroatoms. The van der Waals surface area contributed by atoms with Crippen molar-refractivity contribution in [3.05, 3.63) is 64.7 Å². The van der Waals surface area contributed by atoms with Gasteiger partial charge >= 0.3 is 0 Å². The minimum atomic E-state index is -0.544. The predicted octanol–water partition coefficient (Wildman–Crippen LogP) is 3.83. The molecule has 0 fully saturated rings. The van der Waals surface area contributed by atoms with Gasteiger partial charge < -0.3 is 15.0 Å². The summed E-state index contributed by atoms with van der Waals surface area (Å²) in [5.74, 6) is 0.460. The van der Waals surface area contributed by atoms with Gasteiger partial charge in [-0.25, -0.2) is 0 Å². The van der Waals surface area contributed by atoms with E-state index in [-0.39, 0.29) is 18.2 Å². The van der Waals surface area contributed by atoms with Crippen molar-refractivity contribution in [1.29, 1.82) is 0 Å². The van der Waals surface area contributed by atoms with Gasteiger partial charge in [0.05, 0.1) is 13.5 Å².